The van der Waals surface area contributed by atoms with Gasteiger partial charge in [-0.25, -0.2) is 4.79 Å². The van der Waals surface area contributed by atoms with Gasteiger partial charge in [0, 0.05) is 0 Å². The highest BCUT2D eigenvalue weighted by Gasteiger charge is 2.64. The molecule has 0 aromatic rings. The van der Waals surface area contributed by atoms with E-state index in [2.05, 4.69) is 0 Å². The van der Waals surface area contributed by atoms with Crippen molar-refractivity contribution >= 4 is 17.8 Å². The third-order valence-electron chi connectivity index (χ3n) is 3.13. The molecule has 2 fully saturated rings. The maximum atomic E-state index is 11.6. The minimum atomic E-state index is -1.82. The number of imide groups is 1. The molecule has 6 heteroatoms. The summed E-state index contributed by atoms with van der Waals surface area (Å²) < 4.78 is 0. The molecule has 0 aromatic heterocycles. The maximum Gasteiger partial charge on any atom is 0.332 e. The zero-order valence-electron chi connectivity index (χ0n) is 8.14. The van der Waals surface area contributed by atoms with Crippen LogP contribution in [0.15, 0.2) is 0 Å². The Balaban J connectivity index is 2.34. The number of piperidine rings is 1. The summed E-state index contributed by atoms with van der Waals surface area (Å²) in [4.78, 5) is 34.8. The Hall–Kier alpha value is -1.43. The van der Waals surface area contributed by atoms with Gasteiger partial charge in [0.2, 0.25) is 11.8 Å². The van der Waals surface area contributed by atoms with E-state index in [0.29, 0.717) is 11.3 Å². The van der Waals surface area contributed by atoms with Crippen LogP contribution in [0.25, 0.3) is 0 Å². The molecule has 0 spiro atoms. The van der Waals surface area contributed by atoms with E-state index in [1.165, 1.54) is 6.92 Å². The second-order valence-corrected chi connectivity index (χ2v) is 4.20. The Bertz CT molecular complexity index is 346. The van der Waals surface area contributed by atoms with E-state index < -0.39 is 29.9 Å². The number of carbonyl (C=O) groups is 3. The number of hydrogen-bond donors (Lipinski definition) is 2. The van der Waals surface area contributed by atoms with E-state index in [-0.39, 0.29) is 11.8 Å². The van der Waals surface area contributed by atoms with Crippen molar-refractivity contribution in [1.29, 1.82) is 0 Å². The van der Waals surface area contributed by atoms with E-state index >= 15 is 0 Å². The Labute approximate surface area is 85.5 Å². The average Bonchev–Trinajstić information content (AvgIpc) is 2.91. The first kappa shape index (κ1) is 10.1. The fraction of sp³-hybridized carbons (Fsp3) is 0.667. The van der Waals surface area contributed by atoms with Crippen molar-refractivity contribution in [3.05, 3.63) is 0 Å². The van der Waals surface area contributed by atoms with Crippen LogP contribution in [-0.4, -0.2) is 45.0 Å². The molecule has 1 heterocycles. The molecular weight excluding hydrogens is 202 g/mol. The Kier molecular flexibility index (Phi) is 1.88. The molecule has 15 heavy (non-hydrogen) atoms. The number of rotatable bonds is 3. The van der Waals surface area contributed by atoms with E-state index in [4.69, 9.17) is 10.2 Å². The highest BCUT2D eigenvalue weighted by molar-refractivity contribution is 6.11. The summed E-state index contributed by atoms with van der Waals surface area (Å²) in [5.41, 5.74) is -1.82. The molecule has 2 rings (SSSR count). The Morgan fingerprint density at radius 3 is 2.27 bits per heavy atom. The molecule has 2 amide bonds. The number of nitrogens with zero attached hydrogens (tertiary/aromatic N) is 1. The van der Waals surface area contributed by atoms with Crippen molar-refractivity contribution < 1.29 is 24.6 Å². The van der Waals surface area contributed by atoms with Crippen molar-refractivity contribution in [3.8, 4) is 0 Å². The first-order chi connectivity index (χ1) is 6.93. The Morgan fingerprint density at radius 1 is 1.47 bits per heavy atom. The molecule has 1 aliphatic heterocycles. The van der Waals surface area contributed by atoms with Gasteiger partial charge in [-0.05, 0) is 13.3 Å². The monoisotopic (exact) mass is 213 g/mol. The first-order valence-electron chi connectivity index (χ1n) is 4.65. The summed E-state index contributed by atoms with van der Waals surface area (Å²) in [5, 5.41) is 17.9. The van der Waals surface area contributed by atoms with E-state index in [9.17, 15) is 14.4 Å². The molecule has 2 aliphatic rings. The number of carboxylic acids is 1. The van der Waals surface area contributed by atoms with E-state index in [1.54, 1.807) is 0 Å². The van der Waals surface area contributed by atoms with Crippen LogP contribution in [0.3, 0.4) is 0 Å². The number of hydrogen-bond acceptors (Lipinski definition) is 4. The normalized spacial score (nSPS) is 32.5. The van der Waals surface area contributed by atoms with Crippen molar-refractivity contribution in [2.24, 2.45) is 11.8 Å². The molecule has 82 valence electrons. The number of aliphatic carboxylic acids is 1. The smallest absolute Gasteiger partial charge is 0.332 e. The summed E-state index contributed by atoms with van der Waals surface area (Å²) in [5.74, 6) is -2.99. The molecule has 0 aromatic carbocycles. The lowest BCUT2D eigenvalue weighted by Gasteiger charge is -2.32. The average molecular weight is 213 g/mol. The fourth-order valence-electron chi connectivity index (χ4n) is 1.90. The summed E-state index contributed by atoms with van der Waals surface area (Å²) in [7, 11) is 0. The SMILES string of the molecule is CC(CO)(C(=O)O)N1C(=O)C2CC2C1=O. The van der Waals surface area contributed by atoms with Gasteiger partial charge in [0.1, 0.15) is 0 Å². The minimum absolute atomic E-state index is 0.345. The minimum Gasteiger partial charge on any atom is -0.479 e. The number of carbonyl (C=O) groups excluding carboxylic acids is 2. The van der Waals surface area contributed by atoms with Crippen molar-refractivity contribution in [1.82, 2.24) is 4.90 Å². The second-order valence-electron chi connectivity index (χ2n) is 4.20. The standard InChI is InChI=1S/C9H11NO5/c1-9(3-11,8(14)15)10-6(12)4-2-5(4)7(10)13/h4-5,11H,2-3H2,1H3,(H,14,15). The molecule has 1 saturated heterocycles. The maximum absolute atomic E-state index is 11.6. The molecule has 1 aliphatic carbocycles. The van der Waals surface area contributed by atoms with Gasteiger partial charge >= 0.3 is 5.97 Å². The molecule has 0 radical (unpaired) electrons. The van der Waals surface area contributed by atoms with Crippen LogP contribution in [-0.2, 0) is 14.4 Å². The van der Waals surface area contributed by atoms with Crippen molar-refractivity contribution in [2.75, 3.05) is 6.61 Å². The highest BCUT2D eigenvalue weighted by atomic mass is 16.4. The molecule has 2 N–H and O–H groups in total. The van der Waals surface area contributed by atoms with Crippen molar-refractivity contribution in [2.45, 2.75) is 18.9 Å². The van der Waals surface area contributed by atoms with Crippen molar-refractivity contribution in [3.63, 3.8) is 0 Å². The number of fused-ring (bicyclic) bond motifs is 1. The van der Waals surface area contributed by atoms with Crippen LogP contribution in [0.1, 0.15) is 13.3 Å². The molecular formula is C9H11NO5. The lowest BCUT2D eigenvalue weighted by atomic mass is 10.0. The van der Waals surface area contributed by atoms with Gasteiger partial charge < -0.3 is 10.2 Å². The summed E-state index contributed by atoms with van der Waals surface area (Å²) >= 11 is 0. The summed E-state index contributed by atoms with van der Waals surface area (Å²) in [6.07, 6.45) is 0.523. The fourth-order valence-corrected chi connectivity index (χ4v) is 1.90. The predicted octanol–water partition coefficient (Wildman–Crippen LogP) is -1.17. The summed E-state index contributed by atoms with van der Waals surface area (Å²) in [6.45, 7) is 0.412. The van der Waals surface area contributed by atoms with Crippen LogP contribution in [0, 0.1) is 11.8 Å². The molecule has 0 bridgehead atoms. The van der Waals surface area contributed by atoms with Crippen LogP contribution in [0.2, 0.25) is 0 Å². The van der Waals surface area contributed by atoms with E-state index in [1.807, 2.05) is 0 Å². The van der Waals surface area contributed by atoms with Crippen LogP contribution >= 0.6 is 0 Å². The first-order valence-corrected chi connectivity index (χ1v) is 4.65. The Morgan fingerprint density at radius 2 is 1.93 bits per heavy atom. The molecule has 3 atom stereocenters. The van der Waals surface area contributed by atoms with Gasteiger partial charge in [0.05, 0.1) is 18.4 Å². The predicted molar refractivity (Wildman–Crippen MR) is 46.6 cm³/mol. The van der Waals surface area contributed by atoms with Gasteiger partial charge in [0.15, 0.2) is 5.54 Å². The second kappa shape index (κ2) is 2.79. The summed E-state index contributed by atoms with van der Waals surface area (Å²) in [6, 6.07) is 0. The molecule has 3 unspecified atom stereocenters. The van der Waals surface area contributed by atoms with E-state index in [0.717, 1.165) is 0 Å². The van der Waals surface area contributed by atoms with Crippen LogP contribution in [0.4, 0.5) is 0 Å². The lowest BCUT2D eigenvalue weighted by molar-refractivity contribution is -0.166. The number of aliphatic hydroxyl groups is 1. The lowest BCUT2D eigenvalue weighted by Crippen LogP contribution is -2.58. The zero-order valence-corrected chi connectivity index (χ0v) is 8.14. The number of amides is 2. The van der Waals surface area contributed by atoms with Gasteiger partial charge in [0.25, 0.3) is 0 Å². The number of aliphatic hydroxyl groups excluding tert-OH is 1. The largest absolute Gasteiger partial charge is 0.479 e. The molecule has 6 nitrogen and oxygen atoms in total. The van der Waals surface area contributed by atoms with Gasteiger partial charge in [-0.1, -0.05) is 0 Å². The van der Waals surface area contributed by atoms with Crippen LogP contribution in [0.5, 0.6) is 0 Å². The number of likely N-dealkylation sites (tertiary alicyclic amines) is 1. The third kappa shape index (κ3) is 1.11. The third-order valence-corrected chi connectivity index (χ3v) is 3.13. The number of carboxylic acid groups (broad SMARTS) is 1. The highest BCUT2D eigenvalue weighted by Crippen LogP contribution is 2.49. The zero-order chi connectivity index (χ0) is 11.4. The quantitative estimate of drug-likeness (QED) is 0.576. The van der Waals surface area contributed by atoms with Gasteiger partial charge in [-0.3, -0.25) is 14.5 Å². The van der Waals surface area contributed by atoms with Gasteiger partial charge in [-0.2, -0.15) is 0 Å². The topological polar surface area (TPSA) is 94.9 Å². The van der Waals surface area contributed by atoms with Crippen LogP contribution < -0.4 is 0 Å². The molecule has 1 saturated carbocycles. The van der Waals surface area contributed by atoms with Gasteiger partial charge in [-0.15, -0.1) is 0 Å².